The van der Waals surface area contributed by atoms with Gasteiger partial charge in [-0.3, -0.25) is 0 Å². The molecule has 3 aromatic carbocycles. The van der Waals surface area contributed by atoms with Crippen LogP contribution in [0, 0.1) is 0 Å². The lowest BCUT2D eigenvalue weighted by Gasteiger charge is -2.48. The van der Waals surface area contributed by atoms with E-state index >= 15 is 0 Å². The number of rotatable bonds is 7. The normalized spacial score (nSPS) is 28.5. The van der Waals surface area contributed by atoms with Gasteiger partial charge in [0.05, 0.1) is 19.3 Å². The Hall–Kier alpha value is -2.84. The molecule has 174 valence electrons. The maximum atomic E-state index is 9.40. The molecule has 7 nitrogen and oxygen atoms in total. The number of thioether (sulfide) groups is 1. The summed E-state index contributed by atoms with van der Waals surface area (Å²) < 4.78 is 25.2. The Labute approximate surface area is 202 Å². The first-order valence-corrected chi connectivity index (χ1v) is 12.1. The predicted octanol–water partition coefficient (Wildman–Crippen LogP) is 5.88. The Morgan fingerprint density at radius 2 is 1.59 bits per heavy atom. The number of azide groups is 1. The summed E-state index contributed by atoms with van der Waals surface area (Å²) >= 11 is 1.51. The fraction of sp³-hybridized carbons (Fsp3) is 0.308. The summed E-state index contributed by atoms with van der Waals surface area (Å²) in [5.41, 5.74) is 10.9. The molecule has 2 saturated heterocycles. The van der Waals surface area contributed by atoms with Crippen molar-refractivity contribution in [1.82, 2.24) is 0 Å². The zero-order valence-corrected chi connectivity index (χ0v) is 19.2. The van der Waals surface area contributed by atoms with E-state index in [1.54, 1.807) is 0 Å². The molecule has 2 fully saturated rings. The third kappa shape index (κ3) is 5.28. The number of fused-ring (bicyclic) bond motifs is 1. The maximum Gasteiger partial charge on any atom is 0.184 e. The van der Waals surface area contributed by atoms with E-state index in [1.807, 2.05) is 91.0 Å². The molecule has 2 unspecified atom stereocenters. The second-order valence-electron chi connectivity index (χ2n) is 8.11. The van der Waals surface area contributed by atoms with Crippen LogP contribution in [0.3, 0.4) is 0 Å². The second kappa shape index (κ2) is 11.1. The van der Waals surface area contributed by atoms with Crippen molar-refractivity contribution in [2.24, 2.45) is 5.11 Å². The lowest BCUT2D eigenvalue weighted by atomic mass is 9.97. The molecular formula is C26H25N3O4S. The first kappa shape index (κ1) is 22.9. The van der Waals surface area contributed by atoms with Gasteiger partial charge in [-0.05, 0) is 23.2 Å². The van der Waals surface area contributed by atoms with Gasteiger partial charge in [0.15, 0.2) is 6.29 Å². The van der Waals surface area contributed by atoms with E-state index in [9.17, 15) is 5.53 Å². The summed E-state index contributed by atoms with van der Waals surface area (Å²) in [5, 5.41) is 4.13. The first-order chi connectivity index (χ1) is 16.8. The minimum atomic E-state index is -0.588. The van der Waals surface area contributed by atoms with Crippen molar-refractivity contribution in [2.45, 2.75) is 47.6 Å². The minimum absolute atomic E-state index is 0.351. The van der Waals surface area contributed by atoms with Crippen LogP contribution < -0.4 is 0 Å². The molecule has 2 aliphatic heterocycles. The molecule has 8 heteroatoms. The third-order valence-corrected chi connectivity index (χ3v) is 7.01. The summed E-state index contributed by atoms with van der Waals surface area (Å²) in [6, 6.07) is 29.0. The lowest BCUT2D eigenvalue weighted by molar-refractivity contribution is -0.311. The van der Waals surface area contributed by atoms with Crippen LogP contribution >= 0.6 is 11.8 Å². The van der Waals surface area contributed by atoms with Crippen LogP contribution in [0.5, 0.6) is 0 Å². The Kier molecular flexibility index (Phi) is 7.46. The lowest BCUT2D eigenvalue weighted by Crippen LogP contribution is -2.61. The number of hydrogen-bond acceptors (Lipinski definition) is 6. The molecule has 0 spiro atoms. The summed E-state index contributed by atoms with van der Waals surface area (Å²) in [7, 11) is 0. The van der Waals surface area contributed by atoms with E-state index in [4.69, 9.17) is 18.9 Å². The molecular weight excluding hydrogens is 450 g/mol. The van der Waals surface area contributed by atoms with Gasteiger partial charge in [-0.2, -0.15) is 0 Å². The van der Waals surface area contributed by atoms with Gasteiger partial charge in [-0.1, -0.05) is 95.7 Å². The van der Waals surface area contributed by atoms with E-state index in [0.717, 1.165) is 16.0 Å². The van der Waals surface area contributed by atoms with Gasteiger partial charge in [0.2, 0.25) is 0 Å². The molecule has 34 heavy (non-hydrogen) atoms. The Balaban J connectivity index is 1.43. The summed E-state index contributed by atoms with van der Waals surface area (Å²) in [6.07, 6.45) is -1.86. The molecule has 3 aromatic rings. The SMILES string of the molecule is [N-]=[N+]=NC1[C@@H](OCc2ccccc2)[C@H]2O[C@@H](c3ccccc3)OCC2O[C@H]1Sc1ccccc1. The highest BCUT2D eigenvalue weighted by Gasteiger charge is 2.50. The molecule has 0 saturated carbocycles. The van der Waals surface area contributed by atoms with Crippen LogP contribution in [0.1, 0.15) is 17.4 Å². The van der Waals surface area contributed by atoms with Crippen molar-refractivity contribution in [2.75, 3.05) is 6.61 Å². The van der Waals surface area contributed by atoms with Gasteiger partial charge in [0, 0.05) is 15.4 Å². The highest BCUT2D eigenvalue weighted by atomic mass is 32.2. The van der Waals surface area contributed by atoms with Crippen LogP contribution in [0.25, 0.3) is 10.4 Å². The molecule has 0 bridgehead atoms. The quantitative estimate of drug-likeness (QED) is 0.242. The minimum Gasteiger partial charge on any atom is -0.370 e. The number of benzene rings is 3. The third-order valence-electron chi connectivity index (χ3n) is 5.84. The van der Waals surface area contributed by atoms with E-state index in [2.05, 4.69) is 10.0 Å². The Morgan fingerprint density at radius 1 is 0.912 bits per heavy atom. The number of ether oxygens (including phenoxy) is 4. The van der Waals surface area contributed by atoms with Crippen molar-refractivity contribution in [3.63, 3.8) is 0 Å². The first-order valence-electron chi connectivity index (χ1n) is 11.2. The fourth-order valence-corrected chi connectivity index (χ4v) is 5.34. The summed E-state index contributed by atoms with van der Waals surface area (Å²) in [5.74, 6) is 0. The van der Waals surface area contributed by atoms with Gasteiger partial charge >= 0.3 is 0 Å². The topological polar surface area (TPSA) is 85.7 Å². The van der Waals surface area contributed by atoms with Crippen LogP contribution in [-0.2, 0) is 25.6 Å². The van der Waals surface area contributed by atoms with Crippen molar-refractivity contribution in [1.29, 1.82) is 0 Å². The molecule has 2 heterocycles. The van der Waals surface area contributed by atoms with Crippen molar-refractivity contribution >= 4 is 11.8 Å². The van der Waals surface area contributed by atoms with Crippen molar-refractivity contribution in [3.05, 3.63) is 113 Å². The summed E-state index contributed by atoms with van der Waals surface area (Å²) in [6.45, 7) is 0.722. The molecule has 0 aliphatic carbocycles. The van der Waals surface area contributed by atoms with E-state index in [0.29, 0.717) is 13.2 Å². The zero-order chi connectivity index (χ0) is 23.2. The van der Waals surface area contributed by atoms with Crippen LogP contribution in [-0.4, -0.2) is 36.4 Å². The van der Waals surface area contributed by atoms with Gasteiger partial charge in [0.25, 0.3) is 0 Å². The van der Waals surface area contributed by atoms with E-state index in [1.165, 1.54) is 11.8 Å². The second-order valence-corrected chi connectivity index (χ2v) is 9.28. The molecule has 2 aliphatic rings. The van der Waals surface area contributed by atoms with Crippen LogP contribution in [0.2, 0.25) is 0 Å². The van der Waals surface area contributed by atoms with Crippen LogP contribution in [0.4, 0.5) is 0 Å². The molecule has 0 aromatic heterocycles. The summed E-state index contributed by atoms with van der Waals surface area (Å²) in [4.78, 5) is 4.16. The Bertz CT molecular complexity index is 1100. The standard InChI is InChI=1S/C26H25N3O4S/c27-29-28-22-24(30-16-18-10-4-1-5-11-18)23-21(32-26(22)34-20-14-8-3-9-15-20)17-31-25(33-23)19-12-6-2-7-13-19/h1-15,21-26H,16-17H2/t21?,22?,23-,24+,25-,26-/m0/s1. The van der Waals surface area contributed by atoms with E-state index in [-0.39, 0.29) is 6.10 Å². The maximum absolute atomic E-state index is 9.40. The smallest absolute Gasteiger partial charge is 0.184 e. The number of nitrogens with zero attached hydrogens (tertiary/aromatic N) is 3. The predicted molar refractivity (Wildman–Crippen MR) is 129 cm³/mol. The molecule has 5 rings (SSSR count). The average molecular weight is 476 g/mol. The van der Waals surface area contributed by atoms with Crippen molar-refractivity contribution in [3.8, 4) is 0 Å². The molecule has 0 N–H and O–H groups in total. The highest BCUT2D eigenvalue weighted by molar-refractivity contribution is 7.99. The van der Waals surface area contributed by atoms with Gasteiger partial charge in [-0.25, -0.2) is 0 Å². The Morgan fingerprint density at radius 3 is 2.29 bits per heavy atom. The van der Waals surface area contributed by atoms with Crippen LogP contribution in [0.15, 0.2) is 101 Å². The van der Waals surface area contributed by atoms with Gasteiger partial charge < -0.3 is 18.9 Å². The van der Waals surface area contributed by atoms with Crippen molar-refractivity contribution < 1.29 is 18.9 Å². The fourth-order valence-electron chi connectivity index (χ4n) is 4.21. The van der Waals surface area contributed by atoms with Gasteiger partial charge in [0.1, 0.15) is 23.7 Å². The highest BCUT2D eigenvalue weighted by Crippen LogP contribution is 2.41. The monoisotopic (exact) mass is 475 g/mol. The molecule has 6 atom stereocenters. The number of hydrogen-bond donors (Lipinski definition) is 0. The zero-order valence-electron chi connectivity index (χ0n) is 18.4. The van der Waals surface area contributed by atoms with Gasteiger partial charge in [-0.15, -0.1) is 0 Å². The largest absolute Gasteiger partial charge is 0.370 e. The molecule has 0 amide bonds. The van der Waals surface area contributed by atoms with E-state index < -0.39 is 30.0 Å². The average Bonchev–Trinajstić information content (AvgIpc) is 2.90. The molecule has 0 radical (unpaired) electrons.